The molecular formula is C44H43N3O5. The predicted octanol–water partition coefficient (Wildman–Crippen LogP) is 7.01. The molecule has 8 rings (SSSR count). The standard InChI is InChI=1S/C44H43N3O5/c48-30-32-14-16-34(17-15-32)41-26-37(29-46-24-22-45(23-25-46)27-31-8-2-1-3-9-31)51-44(52-41)35-20-18-33(19-21-35)38-11-5-4-10-36(38)28-47-42(49)39-12-6-7-13-40(39)43(47)50/h1-21,37,41,44,48H,22-30H2/t37-,41+,44+/m0/s1. The molecule has 52 heavy (non-hydrogen) atoms. The number of benzene rings is 5. The Morgan fingerprint density at radius 3 is 1.85 bits per heavy atom. The number of carbonyl (C=O) groups excluding carboxylic acids is 2. The van der Waals surface area contributed by atoms with E-state index in [-0.39, 0.29) is 37.2 Å². The summed E-state index contributed by atoms with van der Waals surface area (Å²) in [5.41, 5.74) is 7.95. The molecule has 0 aliphatic carbocycles. The van der Waals surface area contributed by atoms with Crippen molar-refractivity contribution in [2.75, 3.05) is 32.7 Å². The zero-order valence-electron chi connectivity index (χ0n) is 29.1. The van der Waals surface area contributed by atoms with Crippen molar-refractivity contribution >= 4 is 11.8 Å². The van der Waals surface area contributed by atoms with E-state index in [2.05, 4.69) is 64.4 Å². The van der Waals surface area contributed by atoms with Gasteiger partial charge in [0.15, 0.2) is 6.29 Å². The molecule has 0 spiro atoms. The molecule has 264 valence electrons. The van der Waals surface area contributed by atoms with Crippen molar-refractivity contribution in [3.63, 3.8) is 0 Å². The Hall–Kier alpha value is -4.96. The van der Waals surface area contributed by atoms with E-state index in [1.54, 1.807) is 24.3 Å². The lowest BCUT2D eigenvalue weighted by Gasteiger charge is -2.40. The number of aliphatic hydroxyl groups is 1. The largest absolute Gasteiger partial charge is 0.392 e. The number of aliphatic hydroxyl groups excluding tert-OH is 1. The third kappa shape index (κ3) is 7.35. The van der Waals surface area contributed by atoms with Crippen LogP contribution in [0.4, 0.5) is 0 Å². The molecule has 5 aromatic rings. The highest BCUT2D eigenvalue weighted by Gasteiger charge is 2.36. The Balaban J connectivity index is 0.976. The molecule has 0 unspecified atom stereocenters. The minimum Gasteiger partial charge on any atom is -0.392 e. The van der Waals surface area contributed by atoms with Crippen molar-refractivity contribution in [3.05, 3.63) is 166 Å². The van der Waals surface area contributed by atoms with Gasteiger partial charge in [-0.25, -0.2) is 0 Å². The first-order valence-electron chi connectivity index (χ1n) is 18.1. The van der Waals surface area contributed by atoms with Gasteiger partial charge < -0.3 is 14.6 Å². The number of amides is 2. The summed E-state index contributed by atoms with van der Waals surface area (Å²) in [5.74, 6) is -0.525. The van der Waals surface area contributed by atoms with E-state index < -0.39 is 6.29 Å². The third-order valence-corrected chi connectivity index (χ3v) is 10.5. The molecule has 2 amide bonds. The van der Waals surface area contributed by atoms with Gasteiger partial charge in [-0.05, 0) is 45.5 Å². The fourth-order valence-corrected chi connectivity index (χ4v) is 7.61. The summed E-state index contributed by atoms with van der Waals surface area (Å²) in [6.45, 7) is 6.01. The van der Waals surface area contributed by atoms with E-state index in [0.29, 0.717) is 11.1 Å². The van der Waals surface area contributed by atoms with Crippen molar-refractivity contribution in [2.45, 2.75) is 44.6 Å². The molecule has 5 aromatic carbocycles. The third-order valence-electron chi connectivity index (χ3n) is 10.5. The number of carbonyl (C=O) groups is 2. The number of rotatable bonds is 10. The topological polar surface area (TPSA) is 82.6 Å². The van der Waals surface area contributed by atoms with Crippen LogP contribution < -0.4 is 0 Å². The predicted molar refractivity (Wildman–Crippen MR) is 199 cm³/mol. The van der Waals surface area contributed by atoms with Crippen molar-refractivity contribution < 1.29 is 24.2 Å². The highest BCUT2D eigenvalue weighted by Crippen LogP contribution is 2.39. The van der Waals surface area contributed by atoms with E-state index in [1.165, 1.54) is 10.5 Å². The molecule has 3 atom stereocenters. The van der Waals surface area contributed by atoms with Crippen LogP contribution >= 0.6 is 0 Å². The number of imide groups is 1. The molecule has 8 nitrogen and oxygen atoms in total. The van der Waals surface area contributed by atoms with Gasteiger partial charge in [-0.1, -0.05) is 115 Å². The monoisotopic (exact) mass is 693 g/mol. The number of hydrogen-bond donors (Lipinski definition) is 1. The van der Waals surface area contributed by atoms with Gasteiger partial charge in [0.25, 0.3) is 11.8 Å². The molecule has 0 bridgehead atoms. The average molecular weight is 694 g/mol. The first-order valence-corrected chi connectivity index (χ1v) is 18.1. The maximum Gasteiger partial charge on any atom is 0.261 e. The molecule has 0 saturated carbocycles. The van der Waals surface area contributed by atoms with Crippen LogP contribution in [-0.4, -0.2) is 70.4 Å². The molecule has 2 saturated heterocycles. The second-order valence-corrected chi connectivity index (χ2v) is 13.9. The average Bonchev–Trinajstić information content (AvgIpc) is 3.44. The summed E-state index contributed by atoms with van der Waals surface area (Å²) in [5, 5.41) is 9.62. The van der Waals surface area contributed by atoms with Gasteiger partial charge in [-0.2, -0.15) is 0 Å². The van der Waals surface area contributed by atoms with Crippen LogP contribution in [0.2, 0.25) is 0 Å². The molecule has 0 aromatic heterocycles. The lowest BCUT2D eigenvalue weighted by Crippen LogP contribution is -2.49. The second-order valence-electron chi connectivity index (χ2n) is 13.9. The van der Waals surface area contributed by atoms with Gasteiger partial charge in [-0.3, -0.25) is 24.3 Å². The fourth-order valence-electron chi connectivity index (χ4n) is 7.61. The SMILES string of the molecule is O=C1c2ccccc2C(=O)N1Cc1ccccc1-c1ccc([C@@H]2O[C@H](CN3CCN(Cc4ccccc4)CC3)C[C@H](c3ccc(CO)cc3)O2)cc1. The minimum atomic E-state index is -0.553. The highest BCUT2D eigenvalue weighted by atomic mass is 16.7. The van der Waals surface area contributed by atoms with Crippen LogP contribution in [0.1, 0.15) is 67.3 Å². The van der Waals surface area contributed by atoms with E-state index in [1.807, 2.05) is 48.5 Å². The molecule has 2 fully saturated rings. The van der Waals surface area contributed by atoms with Crippen molar-refractivity contribution in [2.24, 2.45) is 0 Å². The van der Waals surface area contributed by atoms with Gasteiger partial charge in [0.05, 0.1) is 36.5 Å². The lowest BCUT2D eigenvalue weighted by atomic mass is 9.97. The van der Waals surface area contributed by atoms with Crippen molar-refractivity contribution in [1.82, 2.24) is 14.7 Å². The Bertz CT molecular complexity index is 1970. The number of hydrogen-bond acceptors (Lipinski definition) is 7. The molecule has 3 aliphatic heterocycles. The van der Waals surface area contributed by atoms with Gasteiger partial charge >= 0.3 is 0 Å². The van der Waals surface area contributed by atoms with Gasteiger partial charge in [-0.15, -0.1) is 0 Å². The number of fused-ring (bicyclic) bond motifs is 1. The summed E-state index contributed by atoms with van der Waals surface area (Å²) in [4.78, 5) is 32.6. The molecule has 1 N–H and O–H groups in total. The van der Waals surface area contributed by atoms with Crippen LogP contribution in [-0.2, 0) is 29.2 Å². The van der Waals surface area contributed by atoms with E-state index in [9.17, 15) is 14.7 Å². The molecule has 0 radical (unpaired) electrons. The van der Waals surface area contributed by atoms with Crippen molar-refractivity contribution in [3.8, 4) is 11.1 Å². The Morgan fingerprint density at radius 2 is 1.17 bits per heavy atom. The number of piperazine rings is 1. The summed E-state index contributed by atoms with van der Waals surface area (Å²) >= 11 is 0. The maximum atomic E-state index is 13.1. The molecule has 3 aliphatic rings. The smallest absolute Gasteiger partial charge is 0.261 e. The molecule has 8 heteroatoms. The zero-order valence-corrected chi connectivity index (χ0v) is 29.1. The first kappa shape index (κ1) is 34.1. The second kappa shape index (κ2) is 15.3. The summed E-state index contributed by atoms with van der Waals surface area (Å²) in [6.07, 6.45) is 0.00356. The molecular weight excluding hydrogens is 651 g/mol. The Morgan fingerprint density at radius 1 is 0.577 bits per heavy atom. The van der Waals surface area contributed by atoms with E-state index in [0.717, 1.165) is 79.1 Å². The van der Waals surface area contributed by atoms with Crippen molar-refractivity contribution in [1.29, 1.82) is 0 Å². The van der Waals surface area contributed by atoms with Crippen LogP contribution in [0.5, 0.6) is 0 Å². The fraction of sp³-hybridized carbons (Fsp3) is 0.273. The van der Waals surface area contributed by atoms with E-state index >= 15 is 0 Å². The lowest BCUT2D eigenvalue weighted by molar-refractivity contribution is -0.253. The molecule has 3 heterocycles. The van der Waals surface area contributed by atoms with Gasteiger partial charge in [0.2, 0.25) is 0 Å². The number of nitrogens with zero attached hydrogens (tertiary/aromatic N) is 3. The van der Waals surface area contributed by atoms with Crippen LogP contribution in [0.3, 0.4) is 0 Å². The summed E-state index contributed by atoms with van der Waals surface area (Å²) in [7, 11) is 0. The quantitative estimate of drug-likeness (QED) is 0.158. The van der Waals surface area contributed by atoms with Crippen LogP contribution in [0.15, 0.2) is 127 Å². The zero-order chi connectivity index (χ0) is 35.4. The Labute approximate surface area is 304 Å². The van der Waals surface area contributed by atoms with Gasteiger partial charge in [0, 0.05) is 51.3 Å². The summed E-state index contributed by atoms with van der Waals surface area (Å²) < 4.78 is 13.4. The Kier molecular flexibility index (Phi) is 10.1. The normalized spacial score (nSPS) is 21.0. The maximum absolute atomic E-state index is 13.1. The highest BCUT2D eigenvalue weighted by molar-refractivity contribution is 6.21. The van der Waals surface area contributed by atoms with Gasteiger partial charge in [0.1, 0.15) is 0 Å². The summed E-state index contributed by atoms with van der Waals surface area (Å²) in [6, 6.07) is 41.8. The first-order chi connectivity index (χ1) is 25.5. The van der Waals surface area contributed by atoms with E-state index in [4.69, 9.17) is 9.47 Å². The number of ether oxygens (including phenoxy) is 2. The van der Waals surface area contributed by atoms with Crippen LogP contribution in [0.25, 0.3) is 11.1 Å². The van der Waals surface area contributed by atoms with Crippen LogP contribution in [0, 0.1) is 0 Å². The minimum absolute atomic E-state index is 0.00416.